The topological polar surface area (TPSA) is 17.1 Å². The summed E-state index contributed by atoms with van der Waals surface area (Å²) < 4.78 is 0. The molecule has 0 spiro atoms. The summed E-state index contributed by atoms with van der Waals surface area (Å²) in [5.74, 6) is 0.429. The van der Waals surface area contributed by atoms with Gasteiger partial charge in [-0.1, -0.05) is 72.5 Å². The summed E-state index contributed by atoms with van der Waals surface area (Å²) in [6.45, 7) is 17.7. The fraction of sp³-hybridized carbons (Fsp3) is 0.824. The number of hydrogen-bond acceptors (Lipinski definition) is 1. The molecule has 0 bridgehead atoms. The molecule has 0 radical (unpaired) electrons. The molecule has 0 rings (SSSR count). The molecule has 0 aliphatic heterocycles. The van der Waals surface area contributed by atoms with Gasteiger partial charge in [0, 0.05) is 12.0 Å². The molecule has 1 atom stereocenters. The maximum Gasteiger partial charge on any atom is 0.137 e. The van der Waals surface area contributed by atoms with Crippen LogP contribution in [0.4, 0.5) is 0 Å². The Hall–Kier alpha value is -0.373. The Bertz CT molecular complexity index is 286. The van der Waals surface area contributed by atoms with E-state index in [0.29, 0.717) is 17.7 Å². The summed E-state index contributed by atoms with van der Waals surface area (Å²) >= 11 is 0. The van der Waals surface area contributed by atoms with Crippen LogP contribution in [0.3, 0.4) is 0 Å². The number of carbonyl (C=O) groups excluding carboxylic acids is 1. The highest BCUT2D eigenvalue weighted by atomic mass is 28.3. The molecule has 0 aromatic heterocycles. The Balaban J connectivity index is 4.85. The van der Waals surface area contributed by atoms with Crippen molar-refractivity contribution in [3.05, 3.63) is 12.7 Å². The van der Waals surface area contributed by atoms with Crippen molar-refractivity contribution >= 4 is 13.9 Å². The highest BCUT2D eigenvalue weighted by molar-refractivity contribution is 6.84. The third kappa shape index (κ3) is 5.64. The van der Waals surface area contributed by atoms with Crippen LogP contribution in [0.2, 0.25) is 23.7 Å². The molecule has 19 heavy (non-hydrogen) atoms. The largest absolute Gasteiger partial charge is 0.299 e. The molecule has 112 valence electrons. The van der Waals surface area contributed by atoms with Gasteiger partial charge < -0.3 is 0 Å². The first kappa shape index (κ1) is 18.6. The first-order valence-electron chi connectivity index (χ1n) is 7.82. The van der Waals surface area contributed by atoms with E-state index in [0.717, 1.165) is 6.42 Å². The lowest BCUT2D eigenvalue weighted by atomic mass is 10.1. The molecule has 1 nitrogen and oxygen atoms in total. The average Bonchev–Trinajstić information content (AvgIpc) is 2.27. The van der Waals surface area contributed by atoms with Crippen molar-refractivity contribution < 1.29 is 4.79 Å². The van der Waals surface area contributed by atoms with Gasteiger partial charge in [0.25, 0.3) is 0 Å². The molecule has 0 amide bonds. The molecule has 0 heterocycles. The van der Waals surface area contributed by atoms with Crippen molar-refractivity contribution in [2.75, 3.05) is 0 Å². The first-order valence-corrected chi connectivity index (χ1v) is 10.9. The number of rotatable bonds is 9. The quantitative estimate of drug-likeness (QED) is 0.289. The molecule has 0 aliphatic carbocycles. The molecule has 2 heteroatoms. The van der Waals surface area contributed by atoms with Crippen LogP contribution in [-0.2, 0) is 4.79 Å². The number of allylic oxidation sites excluding steroid dienone is 1. The number of unbranched alkanes of at least 4 members (excludes halogenated alkanes) is 3. The zero-order valence-corrected chi connectivity index (χ0v) is 15.0. The maximum atomic E-state index is 12.5. The van der Waals surface area contributed by atoms with Crippen LogP contribution in [0.1, 0.15) is 66.2 Å². The van der Waals surface area contributed by atoms with Gasteiger partial charge in [0.1, 0.15) is 5.78 Å². The summed E-state index contributed by atoms with van der Waals surface area (Å²) in [6.07, 6.45) is 8.42. The standard InChI is InChI=1S/C17H34OSi/c1-8-10-11-12-14-16(15(18)13-9-2)19(6,7)17(3,4)5/h9,16H,2,8,10-14H2,1,3-7H3. The van der Waals surface area contributed by atoms with Gasteiger partial charge in [-0.05, 0) is 11.5 Å². The Morgan fingerprint density at radius 2 is 1.79 bits per heavy atom. The van der Waals surface area contributed by atoms with Crippen LogP contribution in [0.15, 0.2) is 12.7 Å². The predicted octanol–water partition coefficient (Wildman–Crippen LogP) is 5.98. The summed E-state index contributed by atoms with van der Waals surface area (Å²) in [5, 5.41) is 0.277. The Morgan fingerprint density at radius 1 is 1.21 bits per heavy atom. The van der Waals surface area contributed by atoms with Crippen molar-refractivity contribution in [2.45, 2.75) is 89.9 Å². The number of ketones is 1. The van der Waals surface area contributed by atoms with E-state index < -0.39 is 8.07 Å². The van der Waals surface area contributed by atoms with E-state index >= 15 is 0 Å². The van der Waals surface area contributed by atoms with Gasteiger partial charge in [-0.15, -0.1) is 6.58 Å². The molecule has 0 aromatic rings. The van der Waals surface area contributed by atoms with E-state index in [1.165, 1.54) is 25.7 Å². The molecule has 0 saturated heterocycles. The highest BCUT2D eigenvalue weighted by Crippen LogP contribution is 2.46. The first-order chi connectivity index (χ1) is 8.68. The molecular formula is C17H34OSi. The van der Waals surface area contributed by atoms with Gasteiger partial charge >= 0.3 is 0 Å². The molecule has 0 aliphatic rings. The van der Waals surface area contributed by atoms with Crippen molar-refractivity contribution in [1.82, 2.24) is 0 Å². The third-order valence-electron chi connectivity index (χ3n) is 4.88. The van der Waals surface area contributed by atoms with Crippen LogP contribution >= 0.6 is 0 Å². The summed E-state index contributed by atoms with van der Waals surface area (Å²) in [5.41, 5.74) is 0.294. The Labute approximate surface area is 121 Å². The Morgan fingerprint density at radius 3 is 2.21 bits per heavy atom. The predicted molar refractivity (Wildman–Crippen MR) is 89.5 cm³/mol. The van der Waals surface area contributed by atoms with E-state index in [4.69, 9.17) is 0 Å². The molecule has 1 unspecified atom stereocenters. The fourth-order valence-electron chi connectivity index (χ4n) is 2.51. The van der Waals surface area contributed by atoms with Gasteiger partial charge in [-0.25, -0.2) is 0 Å². The lowest BCUT2D eigenvalue weighted by Crippen LogP contribution is -2.45. The third-order valence-corrected chi connectivity index (χ3v) is 11.1. The van der Waals surface area contributed by atoms with E-state index in [9.17, 15) is 4.79 Å². The monoisotopic (exact) mass is 282 g/mol. The van der Waals surface area contributed by atoms with E-state index in [2.05, 4.69) is 47.4 Å². The minimum Gasteiger partial charge on any atom is -0.299 e. The zero-order valence-electron chi connectivity index (χ0n) is 14.0. The highest BCUT2D eigenvalue weighted by Gasteiger charge is 2.44. The van der Waals surface area contributed by atoms with E-state index in [1.807, 2.05) is 0 Å². The Kier molecular flexibility index (Phi) is 7.88. The van der Waals surface area contributed by atoms with Gasteiger partial charge in [0.05, 0.1) is 8.07 Å². The molecular weight excluding hydrogens is 248 g/mol. The van der Waals surface area contributed by atoms with Gasteiger partial charge in [0.2, 0.25) is 0 Å². The van der Waals surface area contributed by atoms with Crippen LogP contribution in [0.25, 0.3) is 0 Å². The minimum absolute atomic E-state index is 0.277. The minimum atomic E-state index is -1.59. The van der Waals surface area contributed by atoms with Crippen molar-refractivity contribution in [1.29, 1.82) is 0 Å². The second-order valence-electron chi connectivity index (χ2n) is 7.33. The van der Waals surface area contributed by atoms with Crippen LogP contribution in [-0.4, -0.2) is 13.9 Å². The summed E-state index contributed by atoms with van der Waals surface area (Å²) in [4.78, 5) is 12.5. The van der Waals surface area contributed by atoms with Crippen LogP contribution < -0.4 is 0 Å². The lowest BCUT2D eigenvalue weighted by Gasteiger charge is -2.42. The number of Topliss-reactive ketones (excluding diaryl/α,β-unsaturated/α-hetero) is 1. The molecule has 0 saturated carbocycles. The molecule has 0 fully saturated rings. The van der Waals surface area contributed by atoms with Crippen LogP contribution in [0.5, 0.6) is 0 Å². The van der Waals surface area contributed by atoms with Crippen molar-refractivity contribution in [3.8, 4) is 0 Å². The van der Waals surface area contributed by atoms with Gasteiger partial charge in [0.15, 0.2) is 0 Å². The van der Waals surface area contributed by atoms with Crippen LogP contribution in [0, 0.1) is 0 Å². The zero-order chi connectivity index (χ0) is 15.1. The van der Waals surface area contributed by atoms with Gasteiger partial charge in [-0.3, -0.25) is 4.79 Å². The number of hydrogen-bond donors (Lipinski definition) is 0. The second-order valence-corrected chi connectivity index (χ2v) is 13.0. The normalized spacial score (nSPS) is 14.2. The summed E-state index contributed by atoms with van der Waals surface area (Å²) in [6, 6.07) is 0. The maximum absolute atomic E-state index is 12.5. The van der Waals surface area contributed by atoms with Crippen molar-refractivity contribution in [3.63, 3.8) is 0 Å². The second kappa shape index (κ2) is 8.03. The van der Waals surface area contributed by atoms with E-state index in [-0.39, 0.29) is 5.04 Å². The molecule has 0 aromatic carbocycles. The summed E-state index contributed by atoms with van der Waals surface area (Å²) in [7, 11) is -1.59. The SMILES string of the molecule is C=CCC(=O)C(CCCCCC)[Si](C)(C)C(C)(C)C. The fourth-order valence-corrected chi connectivity index (χ4v) is 5.40. The van der Waals surface area contributed by atoms with Gasteiger partial charge in [-0.2, -0.15) is 0 Å². The average molecular weight is 283 g/mol. The number of carbonyl (C=O) groups is 1. The molecule has 0 N–H and O–H groups in total. The smallest absolute Gasteiger partial charge is 0.137 e. The van der Waals surface area contributed by atoms with Crippen molar-refractivity contribution in [2.24, 2.45) is 0 Å². The lowest BCUT2D eigenvalue weighted by molar-refractivity contribution is -0.118. The van der Waals surface area contributed by atoms with E-state index in [1.54, 1.807) is 6.08 Å².